The van der Waals surface area contributed by atoms with E-state index in [1.165, 1.54) is 0 Å². The van der Waals surface area contributed by atoms with Crippen molar-refractivity contribution >= 4 is 12.1 Å². The number of carbonyl (C=O) groups excluding carboxylic acids is 1. The van der Waals surface area contributed by atoms with Crippen LogP contribution in [-0.4, -0.2) is 29.4 Å². The summed E-state index contributed by atoms with van der Waals surface area (Å²) in [5.41, 5.74) is 0.765. The number of aliphatic carboxylic acids is 1. The quantitative estimate of drug-likeness (QED) is 0.893. The van der Waals surface area contributed by atoms with E-state index in [1.54, 1.807) is 39.0 Å². The lowest BCUT2D eigenvalue weighted by molar-refractivity contribution is -0.139. The van der Waals surface area contributed by atoms with Crippen molar-refractivity contribution in [1.29, 1.82) is 0 Å². The van der Waals surface area contributed by atoms with E-state index in [4.69, 9.17) is 9.47 Å². The lowest BCUT2D eigenvalue weighted by atomic mass is 10.0. The summed E-state index contributed by atoms with van der Waals surface area (Å²) < 4.78 is 10.5. The maximum atomic E-state index is 11.8. The summed E-state index contributed by atoms with van der Waals surface area (Å²) in [5.74, 6) is -0.375. The molecule has 114 valence electrons. The first-order chi connectivity index (χ1) is 9.76. The Labute approximate surface area is 123 Å². The topological polar surface area (TPSA) is 84.9 Å². The van der Waals surface area contributed by atoms with E-state index in [0.717, 1.165) is 17.7 Å². The summed E-state index contributed by atoms with van der Waals surface area (Å²) in [5, 5.41) is 11.7. The maximum absolute atomic E-state index is 11.8. The molecule has 1 aromatic rings. The average molecular weight is 293 g/mol. The molecule has 1 amide bonds. The fourth-order valence-electron chi connectivity index (χ4n) is 2.10. The Hall–Kier alpha value is -2.24. The summed E-state index contributed by atoms with van der Waals surface area (Å²) in [6, 6.07) is 3.97. The van der Waals surface area contributed by atoms with Gasteiger partial charge in [0, 0.05) is 6.42 Å². The summed E-state index contributed by atoms with van der Waals surface area (Å²) in [6.07, 6.45) is -0.0197. The van der Waals surface area contributed by atoms with Gasteiger partial charge in [0.25, 0.3) is 0 Å². The Morgan fingerprint density at radius 2 is 2.10 bits per heavy atom. The van der Waals surface area contributed by atoms with Crippen molar-refractivity contribution in [3.8, 4) is 5.75 Å². The molecule has 6 nitrogen and oxygen atoms in total. The van der Waals surface area contributed by atoms with Crippen LogP contribution in [0, 0.1) is 0 Å². The van der Waals surface area contributed by atoms with E-state index >= 15 is 0 Å². The minimum absolute atomic E-state index is 0.498. The molecule has 1 aromatic carbocycles. The number of carboxylic acids is 1. The number of amides is 1. The zero-order chi connectivity index (χ0) is 15.6. The van der Waals surface area contributed by atoms with Crippen LogP contribution in [-0.2, 0) is 16.0 Å². The molecule has 1 aliphatic rings. The van der Waals surface area contributed by atoms with Crippen LogP contribution in [0.4, 0.5) is 4.79 Å². The summed E-state index contributed by atoms with van der Waals surface area (Å²) >= 11 is 0. The lowest BCUT2D eigenvalue weighted by Crippen LogP contribution is -2.38. The fraction of sp³-hybridized carbons (Fsp3) is 0.467. The maximum Gasteiger partial charge on any atom is 0.408 e. The molecule has 0 unspecified atom stereocenters. The number of hydrogen-bond donors (Lipinski definition) is 2. The minimum atomic E-state index is -1.15. The van der Waals surface area contributed by atoms with Crippen molar-refractivity contribution < 1.29 is 24.2 Å². The number of nitrogens with one attached hydrogen (secondary N) is 1. The molecule has 1 aliphatic heterocycles. The predicted molar refractivity (Wildman–Crippen MR) is 75.4 cm³/mol. The molecule has 0 aromatic heterocycles. The number of fused-ring (bicyclic) bond motifs is 1. The van der Waals surface area contributed by atoms with Gasteiger partial charge >= 0.3 is 12.1 Å². The summed E-state index contributed by atoms with van der Waals surface area (Å²) in [6.45, 7) is 5.75. The second-order valence-corrected chi connectivity index (χ2v) is 5.88. The van der Waals surface area contributed by atoms with Gasteiger partial charge in [-0.25, -0.2) is 9.59 Å². The Balaban J connectivity index is 2.16. The molecule has 0 bridgehead atoms. The second-order valence-electron chi connectivity index (χ2n) is 5.88. The van der Waals surface area contributed by atoms with Gasteiger partial charge in [0.15, 0.2) is 6.04 Å². The molecule has 2 rings (SSSR count). The molecular weight excluding hydrogens is 274 g/mol. The number of carbonyl (C=O) groups is 2. The third kappa shape index (κ3) is 3.87. The highest BCUT2D eigenvalue weighted by Gasteiger charge is 2.26. The Bertz CT molecular complexity index is 562. The number of alkyl carbamates (subject to hydrolysis) is 1. The van der Waals surface area contributed by atoms with Crippen molar-refractivity contribution in [2.24, 2.45) is 0 Å². The van der Waals surface area contributed by atoms with E-state index in [1.807, 2.05) is 0 Å². The van der Waals surface area contributed by atoms with Crippen LogP contribution >= 0.6 is 0 Å². The monoisotopic (exact) mass is 293 g/mol. The highest BCUT2D eigenvalue weighted by Crippen LogP contribution is 2.28. The first-order valence-corrected chi connectivity index (χ1v) is 6.74. The largest absolute Gasteiger partial charge is 0.493 e. The standard InChI is InChI=1S/C15H19NO5/c1-15(2,3)21-14(19)16-12(13(17)18)10-4-5-11-9(8-10)6-7-20-11/h4-5,8,12H,6-7H2,1-3H3,(H,16,19)(H,17,18)/t12-/m1/s1. The number of carboxylic acid groups (broad SMARTS) is 1. The van der Waals surface area contributed by atoms with Gasteiger partial charge in [0.1, 0.15) is 11.4 Å². The van der Waals surface area contributed by atoms with E-state index in [9.17, 15) is 14.7 Å². The van der Waals surface area contributed by atoms with E-state index in [-0.39, 0.29) is 0 Å². The molecule has 1 atom stereocenters. The molecule has 0 saturated heterocycles. The van der Waals surface area contributed by atoms with E-state index < -0.39 is 23.7 Å². The minimum Gasteiger partial charge on any atom is -0.493 e. The van der Waals surface area contributed by atoms with Crippen LogP contribution in [0.5, 0.6) is 5.75 Å². The smallest absolute Gasteiger partial charge is 0.408 e. The number of ether oxygens (including phenoxy) is 2. The van der Waals surface area contributed by atoms with Crippen molar-refractivity contribution in [2.45, 2.75) is 38.8 Å². The molecular formula is C15H19NO5. The van der Waals surface area contributed by atoms with Crippen LogP contribution < -0.4 is 10.1 Å². The van der Waals surface area contributed by atoms with Gasteiger partial charge in [-0.2, -0.15) is 0 Å². The van der Waals surface area contributed by atoms with Gasteiger partial charge in [-0.05, 0) is 44.0 Å². The van der Waals surface area contributed by atoms with Crippen LogP contribution in [0.15, 0.2) is 18.2 Å². The zero-order valence-corrected chi connectivity index (χ0v) is 12.3. The Morgan fingerprint density at radius 1 is 1.38 bits per heavy atom. The van der Waals surface area contributed by atoms with Crippen LogP contribution in [0.25, 0.3) is 0 Å². The molecule has 0 radical (unpaired) electrons. The SMILES string of the molecule is CC(C)(C)OC(=O)N[C@@H](C(=O)O)c1ccc2c(c1)CCO2. The summed E-state index contributed by atoms with van der Waals surface area (Å²) in [4.78, 5) is 23.2. The molecule has 0 fully saturated rings. The van der Waals surface area contributed by atoms with Gasteiger partial charge < -0.3 is 19.9 Å². The average Bonchev–Trinajstić information content (AvgIpc) is 2.80. The van der Waals surface area contributed by atoms with Gasteiger partial charge in [0.2, 0.25) is 0 Å². The van der Waals surface area contributed by atoms with Crippen molar-refractivity contribution in [3.63, 3.8) is 0 Å². The highest BCUT2D eigenvalue weighted by atomic mass is 16.6. The molecule has 1 heterocycles. The fourth-order valence-corrected chi connectivity index (χ4v) is 2.10. The molecule has 0 saturated carbocycles. The number of rotatable bonds is 3. The summed E-state index contributed by atoms with van der Waals surface area (Å²) in [7, 11) is 0. The second kappa shape index (κ2) is 5.63. The van der Waals surface area contributed by atoms with Crippen molar-refractivity contribution in [1.82, 2.24) is 5.32 Å². The van der Waals surface area contributed by atoms with E-state index in [0.29, 0.717) is 12.2 Å². The highest BCUT2D eigenvalue weighted by molar-refractivity contribution is 5.81. The predicted octanol–water partition coefficient (Wildman–Crippen LogP) is 2.27. The molecule has 2 N–H and O–H groups in total. The Kier molecular flexibility index (Phi) is 4.06. The third-order valence-electron chi connectivity index (χ3n) is 2.95. The van der Waals surface area contributed by atoms with Crippen molar-refractivity contribution in [3.05, 3.63) is 29.3 Å². The molecule has 6 heteroatoms. The van der Waals surface area contributed by atoms with Crippen LogP contribution in [0.2, 0.25) is 0 Å². The molecule has 0 aliphatic carbocycles. The van der Waals surface area contributed by atoms with Crippen LogP contribution in [0.1, 0.15) is 37.9 Å². The van der Waals surface area contributed by atoms with Gasteiger partial charge in [0.05, 0.1) is 6.61 Å². The Morgan fingerprint density at radius 3 is 2.71 bits per heavy atom. The molecule has 21 heavy (non-hydrogen) atoms. The number of hydrogen-bond acceptors (Lipinski definition) is 4. The number of benzene rings is 1. The zero-order valence-electron chi connectivity index (χ0n) is 12.3. The normalized spacial score (nSPS) is 14.8. The van der Waals surface area contributed by atoms with Gasteiger partial charge in [-0.3, -0.25) is 0 Å². The molecule has 0 spiro atoms. The van der Waals surface area contributed by atoms with Crippen LogP contribution in [0.3, 0.4) is 0 Å². The van der Waals surface area contributed by atoms with Gasteiger partial charge in [-0.1, -0.05) is 6.07 Å². The van der Waals surface area contributed by atoms with Gasteiger partial charge in [-0.15, -0.1) is 0 Å². The first-order valence-electron chi connectivity index (χ1n) is 6.74. The lowest BCUT2D eigenvalue weighted by Gasteiger charge is -2.22. The van der Waals surface area contributed by atoms with Crippen molar-refractivity contribution in [2.75, 3.05) is 6.61 Å². The van der Waals surface area contributed by atoms with E-state index in [2.05, 4.69) is 5.32 Å². The first kappa shape index (κ1) is 15.2. The third-order valence-corrected chi connectivity index (χ3v) is 2.95.